The van der Waals surface area contributed by atoms with Crippen LogP contribution >= 0.6 is 22.9 Å². The fourth-order valence-electron chi connectivity index (χ4n) is 0.986. The second-order valence-corrected chi connectivity index (χ2v) is 4.02. The van der Waals surface area contributed by atoms with Crippen LogP contribution in [0.5, 0.6) is 5.19 Å². The van der Waals surface area contributed by atoms with Gasteiger partial charge in [0.1, 0.15) is 11.1 Å². The maximum atomic E-state index is 12.5. The minimum Gasteiger partial charge on any atom is -0.473 e. The molecule has 0 aliphatic carbocycles. The van der Waals surface area contributed by atoms with Crippen LogP contribution in [0.25, 0.3) is 0 Å². The lowest BCUT2D eigenvalue weighted by atomic mass is 10.1. The van der Waals surface area contributed by atoms with Gasteiger partial charge in [-0.1, -0.05) is 22.9 Å². The zero-order valence-corrected chi connectivity index (χ0v) is 9.21. The van der Waals surface area contributed by atoms with Gasteiger partial charge in [-0.2, -0.15) is 18.2 Å². The van der Waals surface area contributed by atoms with E-state index >= 15 is 0 Å². The van der Waals surface area contributed by atoms with Gasteiger partial charge in [0.05, 0.1) is 12.0 Å². The van der Waals surface area contributed by atoms with Crippen molar-refractivity contribution in [3.63, 3.8) is 0 Å². The van der Waals surface area contributed by atoms with Crippen LogP contribution in [0.4, 0.5) is 13.2 Å². The fourth-order valence-corrected chi connectivity index (χ4v) is 2.27. The van der Waals surface area contributed by atoms with Gasteiger partial charge in [0.2, 0.25) is 0 Å². The van der Waals surface area contributed by atoms with Gasteiger partial charge in [0.25, 0.3) is 5.19 Å². The Morgan fingerprint density at radius 3 is 2.53 bits per heavy atom. The number of nitrogens with zero attached hydrogens (tertiary/aromatic N) is 1. The van der Waals surface area contributed by atoms with E-state index in [0.29, 0.717) is 0 Å². The van der Waals surface area contributed by atoms with Gasteiger partial charge < -0.3 is 10.5 Å². The second kappa shape index (κ2) is 4.54. The summed E-state index contributed by atoms with van der Waals surface area (Å²) in [6.07, 6.45) is -4.42. The van der Waals surface area contributed by atoms with Crippen LogP contribution in [-0.4, -0.2) is 24.8 Å². The molecule has 0 saturated carbocycles. The van der Waals surface area contributed by atoms with Crippen molar-refractivity contribution < 1.29 is 17.9 Å². The van der Waals surface area contributed by atoms with Crippen molar-refractivity contribution in [3.05, 3.63) is 10.0 Å². The van der Waals surface area contributed by atoms with E-state index in [-0.39, 0.29) is 15.2 Å². The van der Waals surface area contributed by atoms with Gasteiger partial charge in [-0.25, -0.2) is 0 Å². The predicted octanol–water partition coefficient (Wildman–Crippen LogP) is 2.41. The summed E-state index contributed by atoms with van der Waals surface area (Å²) in [5.74, 6) is -1.79. The lowest BCUT2D eigenvalue weighted by molar-refractivity contribution is -0.147. The molecule has 1 aromatic rings. The number of hydrogen-bond donors (Lipinski definition) is 1. The van der Waals surface area contributed by atoms with Gasteiger partial charge in [-0.3, -0.25) is 0 Å². The van der Waals surface area contributed by atoms with Gasteiger partial charge >= 0.3 is 6.18 Å². The van der Waals surface area contributed by atoms with Crippen molar-refractivity contribution in [3.8, 4) is 5.19 Å². The van der Waals surface area contributed by atoms with Crippen LogP contribution in [0.15, 0.2) is 0 Å². The van der Waals surface area contributed by atoms with Crippen LogP contribution in [0.2, 0.25) is 5.15 Å². The minimum absolute atomic E-state index is 0.0951. The number of aromatic nitrogens is 1. The van der Waals surface area contributed by atoms with E-state index in [0.717, 1.165) is 11.3 Å². The summed E-state index contributed by atoms with van der Waals surface area (Å²) < 4.78 is 42.2. The maximum absolute atomic E-state index is 12.5. The van der Waals surface area contributed by atoms with Crippen LogP contribution in [0.1, 0.15) is 10.8 Å². The molecule has 2 N–H and O–H groups in total. The number of ether oxygens (including phenoxy) is 1. The molecule has 1 unspecified atom stereocenters. The summed E-state index contributed by atoms with van der Waals surface area (Å²) in [7, 11) is 1.31. The van der Waals surface area contributed by atoms with Gasteiger partial charge in [-0.05, 0) is 0 Å². The topological polar surface area (TPSA) is 48.1 Å². The van der Waals surface area contributed by atoms with E-state index < -0.39 is 18.6 Å². The molecule has 0 bridgehead atoms. The molecule has 0 spiro atoms. The number of nitrogens with two attached hydrogens (primary N) is 1. The van der Waals surface area contributed by atoms with Crippen LogP contribution in [0.3, 0.4) is 0 Å². The molecular formula is C7H8ClF3N2OS. The molecule has 1 atom stereocenters. The molecule has 0 aliphatic heterocycles. The zero-order valence-electron chi connectivity index (χ0n) is 7.64. The molecule has 0 amide bonds. The first-order chi connectivity index (χ1) is 6.90. The Labute approximate surface area is 93.0 Å². The first kappa shape index (κ1) is 12.5. The number of methoxy groups -OCH3 is 1. The number of thiazole rings is 1. The highest BCUT2D eigenvalue weighted by Gasteiger charge is 2.42. The van der Waals surface area contributed by atoms with E-state index in [1.807, 2.05) is 0 Å². The first-order valence-corrected chi connectivity index (χ1v) is 5.06. The van der Waals surface area contributed by atoms with Crippen molar-refractivity contribution in [1.82, 2.24) is 4.98 Å². The van der Waals surface area contributed by atoms with E-state index in [1.54, 1.807) is 0 Å². The summed E-state index contributed by atoms with van der Waals surface area (Å²) in [5.41, 5.74) is 5.07. The summed E-state index contributed by atoms with van der Waals surface area (Å²) in [6, 6.07) is 0. The Bertz CT molecular complexity index is 341. The number of rotatable bonds is 3. The molecule has 1 rings (SSSR count). The Balaban J connectivity index is 3.07. The van der Waals surface area contributed by atoms with Crippen molar-refractivity contribution in [2.45, 2.75) is 12.1 Å². The minimum atomic E-state index is -4.42. The van der Waals surface area contributed by atoms with E-state index in [4.69, 9.17) is 22.1 Å². The van der Waals surface area contributed by atoms with Crippen LogP contribution in [-0.2, 0) is 0 Å². The highest BCUT2D eigenvalue weighted by Crippen LogP contribution is 2.42. The van der Waals surface area contributed by atoms with E-state index in [2.05, 4.69) is 4.98 Å². The van der Waals surface area contributed by atoms with Crippen molar-refractivity contribution in [1.29, 1.82) is 0 Å². The highest BCUT2D eigenvalue weighted by molar-refractivity contribution is 7.14. The third-order valence-electron chi connectivity index (χ3n) is 1.71. The lowest BCUT2D eigenvalue weighted by Crippen LogP contribution is -2.27. The molecule has 0 fully saturated rings. The monoisotopic (exact) mass is 260 g/mol. The Kier molecular flexibility index (Phi) is 3.80. The predicted molar refractivity (Wildman–Crippen MR) is 51.5 cm³/mol. The summed E-state index contributed by atoms with van der Waals surface area (Å²) in [4.78, 5) is 3.51. The fraction of sp³-hybridized carbons (Fsp3) is 0.571. The van der Waals surface area contributed by atoms with Crippen molar-refractivity contribution in [2.24, 2.45) is 5.73 Å². The SMILES string of the molecule is COc1nc(Cl)c(C(CN)C(F)(F)F)s1. The third-order valence-corrected chi connectivity index (χ3v) is 3.24. The molecule has 0 radical (unpaired) electrons. The van der Waals surface area contributed by atoms with Gasteiger partial charge in [-0.15, -0.1) is 0 Å². The van der Waals surface area contributed by atoms with Crippen molar-refractivity contribution >= 4 is 22.9 Å². The molecule has 1 aromatic heterocycles. The average molecular weight is 261 g/mol. The molecular weight excluding hydrogens is 253 g/mol. The molecule has 0 aromatic carbocycles. The summed E-state index contributed by atoms with van der Waals surface area (Å²) in [6.45, 7) is -0.561. The summed E-state index contributed by atoms with van der Waals surface area (Å²) >= 11 is 6.32. The molecule has 3 nitrogen and oxygen atoms in total. The largest absolute Gasteiger partial charge is 0.473 e. The molecule has 15 heavy (non-hydrogen) atoms. The number of halogens is 4. The molecule has 86 valence electrons. The Hall–Kier alpha value is -0.530. The Morgan fingerprint density at radius 1 is 1.60 bits per heavy atom. The second-order valence-electron chi connectivity index (χ2n) is 2.67. The van der Waals surface area contributed by atoms with Crippen LogP contribution < -0.4 is 10.5 Å². The van der Waals surface area contributed by atoms with Gasteiger partial charge in [0.15, 0.2) is 0 Å². The average Bonchev–Trinajstić information content (AvgIpc) is 2.46. The van der Waals surface area contributed by atoms with Gasteiger partial charge in [0, 0.05) is 6.54 Å². The maximum Gasteiger partial charge on any atom is 0.397 e. The quantitative estimate of drug-likeness (QED) is 0.908. The molecule has 1 heterocycles. The lowest BCUT2D eigenvalue weighted by Gasteiger charge is -2.16. The normalized spacial score (nSPS) is 14.0. The molecule has 8 heteroatoms. The summed E-state index contributed by atoms with van der Waals surface area (Å²) in [5, 5.41) is -0.109. The van der Waals surface area contributed by atoms with Crippen molar-refractivity contribution in [2.75, 3.05) is 13.7 Å². The van der Waals surface area contributed by atoms with E-state index in [1.165, 1.54) is 7.11 Å². The highest BCUT2D eigenvalue weighted by atomic mass is 35.5. The zero-order chi connectivity index (χ0) is 11.6. The smallest absolute Gasteiger partial charge is 0.397 e. The standard InChI is InChI=1S/C7H8ClF3N2OS/c1-14-6-13-5(8)4(15-6)3(2-12)7(9,10)11/h3H,2,12H2,1H3. The molecule has 0 aliphatic rings. The Morgan fingerprint density at radius 2 is 2.20 bits per heavy atom. The molecule has 0 saturated heterocycles. The van der Waals surface area contributed by atoms with E-state index in [9.17, 15) is 13.2 Å². The third kappa shape index (κ3) is 2.73. The number of alkyl halides is 3. The first-order valence-electron chi connectivity index (χ1n) is 3.87. The van der Waals surface area contributed by atoms with Crippen LogP contribution in [0, 0.1) is 0 Å². The number of hydrogen-bond acceptors (Lipinski definition) is 4.